The molecule has 7 nitrogen and oxygen atoms in total. The Morgan fingerprint density at radius 3 is 2.77 bits per heavy atom. The largest absolute Gasteiger partial charge is 0.459 e. The van der Waals surface area contributed by atoms with Gasteiger partial charge in [-0.15, -0.1) is 0 Å². The predicted octanol–water partition coefficient (Wildman–Crippen LogP) is 0.671. The molecular formula is C15H12N3O4. The van der Waals surface area contributed by atoms with Gasteiger partial charge in [-0.05, 0) is 24.3 Å². The maximum absolute atomic E-state index is 12.0. The Hall–Kier alpha value is -3.22. The SMILES string of the molecule is O=[C]CNC(=O)C=C(NC(=O)c1ccco1)c1ccccn1. The van der Waals surface area contributed by atoms with Crippen LogP contribution in [0.1, 0.15) is 16.2 Å². The van der Waals surface area contributed by atoms with Gasteiger partial charge >= 0.3 is 0 Å². The van der Waals surface area contributed by atoms with Crippen LogP contribution in [0.2, 0.25) is 0 Å². The molecule has 7 heteroatoms. The number of nitrogens with one attached hydrogen (secondary N) is 2. The first-order valence-electron chi connectivity index (χ1n) is 6.31. The molecule has 111 valence electrons. The molecule has 2 aromatic heterocycles. The summed E-state index contributed by atoms with van der Waals surface area (Å²) >= 11 is 0. The third kappa shape index (κ3) is 4.14. The van der Waals surface area contributed by atoms with Crippen LogP contribution in [0.5, 0.6) is 0 Å². The molecule has 0 fully saturated rings. The number of hydrogen-bond donors (Lipinski definition) is 2. The zero-order chi connectivity index (χ0) is 15.8. The molecule has 0 aromatic carbocycles. The van der Waals surface area contributed by atoms with Crippen LogP contribution in [-0.4, -0.2) is 29.6 Å². The van der Waals surface area contributed by atoms with Crippen molar-refractivity contribution in [2.45, 2.75) is 0 Å². The maximum atomic E-state index is 12.0. The highest BCUT2D eigenvalue weighted by molar-refractivity contribution is 6.02. The van der Waals surface area contributed by atoms with Gasteiger partial charge in [-0.2, -0.15) is 0 Å². The molecule has 2 aromatic rings. The van der Waals surface area contributed by atoms with Gasteiger partial charge in [0.25, 0.3) is 5.91 Å². The molecule has 0 saturated heterocycles. The molecule has 0 aliphatic heterocycles. The average Bonchev–Trinajstić information content (AvgIpc) is 3.07. The van der Waals surface area contributed by atoms with E-state index < -0.39 is 11.8 Å². The molecule has 2 N–H and O–H groups in total. The number of rotatable bonds is 6. The first kappa shape index (κ1) is 15.2. The van der Waals surface area contributed by atoms with Crippen LogP contribution in [0, 0.1) is 0 Å². The summed E-state index contributed by atoms with van der Waals surface area (Å²) in [5, 5.41) is 4.85. The average molecular weight is 298 g/mol. The maximum Gasteiger partial charge on any atom is 0.291 e. The molecule has 0 bridgehead atoms. The summed E-state index contributed by atoms with van der Waals surface area (Å²) in [5.41, 5.74) is 0.582. The monoisotopic (exact) mass is 298 g/mol. The van der Waals surface area contributed by atoms with Gasteiger partial charge in [-0.25, -0.2) is 0 Å². The Bertz CT molecular complexity index is 678. The van der Waals surface area contributed by atoms with Gasteiger partial charge < -0.3 is 15.1 Å². The van der Waals surface area contributed by atoms with Gasteiger partial charge in [0, 0.05) is 12.3 Å². The minimum atomic E-state index is -0.552. The smallest absolute Gasteiger partial charge is 0.291 e. The van der Waals surface area contributed by atoms with Crippen LogP contribution in [0.3, 0.4) is 0 Å². The Morgan fingerprint density at radius 2 is 2.14 bits per heavy atom. The second-order valence-corrected chi connectivity index (χ2v) is 4.07. The van der Waals surface area contributed by atoms with Crippen molar-refractivity contribution in [1.82, 2.24) is 15.6 Å². The van der Waals surface area contributed by atoms with Gasteiger partial charge in [0.1, 0.15) is 0 Å². The molecule has 2 heterocycles. The van der Waals surface area contributed by atoms with Crippen LogP contribution in [0.4, 0.5) is 0 Å². The van der Waals surface area contributed by atoms with E-state index in [2.05, 4.69) is 15.6 Å². The number of aromatic nitrogens is 1. The van der Waals surface area contributed by atoms with Gasteiger partial charge in [0.15, 0.2) is 5.76 Å². The zero-order valence-corrected chi connectivity index (χ0v) is 11.4. The van der Waals surface area contributed by atoms with Gasteiger partial charge in [-0.3, -0.25) is 19.4 Å². The molecule has 0 spiro atoms. The molecule has 2 rings (SSSR count). The van der Waals surface area contributed by atoms with Crippen molar-refractivity contribution in [2.24, 2.45) is 0 Å². The molecule has 0 atom stereocenters. The summed E-state index contributed by atoms with van der Waals surface area (Å²) in [6.07, 6.45) is 5.58. The van der Waals surface area contributed by atoms with Gasteiger partial charge in [0.05, 0.1) is 24.2 Å². The van der Waals surface area contributed by atoms with E-state index in [1.165, 1.54) is 18.5 Å². The van der Waals surface area contributed by atoms with Gasteiger partial charge in [-0.1, -0.05) is 6.07 Å². The minimum Gasteiger partial charge on any atom is -0.459 e. The topological polar surface area (TPSA) is 101 Å². The number of amides is 2. The molecule has 0 saturated carbocycles. The van der Waals surface area contributed by atoms with Crippen molar-refractivity contribution < 1.29 is 18.8 Å². The van der Waals surface area contributed by atoms with Crippen molar-refractivity contribution in [2.75, 3.05) is 6.54 Å². The zero-order valence-electron chi connectivity index (χ0n) is 11.4. The second kappa shape index (κ2) is 7.53. The Labute approximate surface area is 126 Å². The summed E-state index contributed by atoms with van der Waals surface area (Å²) < 4.78 is 4.99. The van der Waals surface area contributed by atoms with Gasteiger partial charge in [0.2, 0.25) is 12.2 Å². The summed E-state index contributed by atoms with van der Waals surface area (Å²) in [6, 6.07) is 8.12. The molecular weight excluding hydrogens is 286 g/mol. The minimum absolute atomic E-state index is 0.100. The van der Waals surface area contributed by atoms with E-state index in [0.717, 1.165) is 6.08 Å². The van der Waals surface area contributed by atoms with E-state index in [-0.39, 0.29) is 18.0 Å². The molecule has 0 aliphatic carbocycles. The first-order chi connectivity index (χ1) is 10.7. The molecule has 0 aliphatic rings. The van der Waals surface area contributed by atoms with Crippen LogP contribution in [0.25, 0.3) is 5.70 Å². The third-order valence-corrected chi connectivity index (χ3v) is 2.54. The van der Waals surface area contributed by atoms with Crippen LogP contribution in [0.15, 0.2) is 53.3 Å². The van der Waals surface area contributed by atoms with Crippen molar-refractivity contribution in [3.63, 3.8) is 0 Å². The fourth-order valence-electron chi connectivity index (χ4n) is 1.59. The molecule has 0 unspecified atom stereocenters. The fourth-order valence-corrected chi connectivity index (χ4v) is 1.59. The predicted molar refractivity (Wildman–Crippen MR) is 77.1 cm³/mol. The standard InChI is InChI=1S/C15H12N3O4/c19-8-7-17-14(20)10-12(11-4-1-2-6-16-11)18-15(21)13-5-3-9-22-13/h1-6,9-10H,7H2,(H,17,20)(H,18,21). The van der Waals surface area contributed by atoms with Crippen molar-refractivity contribution in [1.29, 1.82) is 0 Å². The summed E-state index contributed by atoms with van der Waals surface area (Å²) in [7, 11) is 0. The second-order valence-electron chi connectivity index (χ2n) is 4.07. The molecule has 2 amide bonds. The lowest BCUT2D eigenvalue weighted by molar-refractivity contribution is -0.116. The summed E-state index contributed by atoms with van der Waals surface area (Å²) in [4.78, 5) is 37.9. The van der Waals surface area contributed by atoms with E-state index in [9.17, 15) is 14.4 Å². The van der Waals surface area contributed by atoms with Crippen LogP contribution < -0.4 is 10.6 Å². The lowest BCUT2D eigenvalue weighted by Gasteiger charge is -2.08. The highest BCUT2D eigenvalue weighted by Gasteiger charge is 2.13. The Kier molecular flexibility index (Phi) is 5.20. The summed E-state index contributed by atoms with van der Waals surface area (Å²) in [6.45, 7) is -0.239. The number of carbonyl (C=O) groups is 2. The van der Waals surface area contributed by atoms with Crippen LogP contribution in [-0.2, 0) is 9.59 Å². The Morgan fingerprint density at radius 1 is 1.27 bits per heavy atom. The quantitative estimate of drug-likeness (QED) is 0.763. The number of nitrogens with zero attached hydrogens (tertiary/aromatic N) is 1. The third-order valence-electron chi connectivity index (χ3n) is 2.54. The van der Waals surface area contributed by atoms with Crippen LogP contribution >= 0.6 is 0 Å². The van der Waals surface area contributed by atoms with E-state index in [0.29, 0.717) is 5.69 Å². The summed E-state index contributed by atoms with van der Waals surface area (Å²) in [5.74, 6) is -0.969. The lowest BCUT2D eigenvalue weighted by atomic mass is 10.2. The highest BCUT2D eigenvalue weighted by atomic mass is 16.3. The van der Waals surface area contributed by atoms with E-state index in [4.69, 9.17) is 4.42 Å². The van der Waals surface area contributed by atoms with Crippen molar-refractivity contribution in [3.05, 3.63) is 60.3 Å². The normalized spacial score (nSPS) is 10.8. The lowest BCUT2D eigenvalue weighted by Crippen LogP contribution is -2.27. The highest BCUT2D eigenvalue weighted by Crippen LogP contribution is 2.09. The van der Waals surface area contributed by atoms with E-state index in [1.54, 1.807) is 30.6 Å². The van der Waals surface area contributed by atoms with Crippen molar-refractivity contribution in [3.8, 4) is 0 Å². The molecule has 22 heavy (non-hydrogen) atoms. The number of pyridine rings is 1. The fraction of sp³-hybridized carbons (Fsp3) is 0.0667. The van der Waals surface area contributed by atoms with Crippen molar-refractivity contribution >= 4 is 23.8 Å². The first-order valence-corrected chi connectivity index (χ1v) is 6.31. The number of hydrogen-bond acceptors (Lipinski definition) is 5. The number of carbonyl (C=O) groups excluding carboxylic acids is 3. The van der Waals surface area contributed by atoms with E-state index >= 15 is 0 Å². The number of furan rings is 1. The molecule has 1 radical (unpaired) electrons. The Balaban J connectivity index is 2.22. The van der Waals surface area contributed by atoms with E-state index in [1.807, 2.05) is 0 Å².